The summed E-state index contributed by atoms with van der Waals surface area (Å²) in [4.78, 5) is 4.41. The third-order valence-corrected chi connectivity index (χ3v) is 3.14. The Kier molecular flexibility index (Phi) is 4.00. The van der Waals surface area contributed by atoms with Gasteiger partial charge in [0.05, 0.1) is 17.3 Å². The van der Waals surface area contributed by atoms with Crippen molar-refractivity contribution in [2.24, 2.45) is 4.99 Å². The molecule has 0 amide bonds. The normalized spacial score (nSPS) is 11.5. The molecule has 100 valence electrons. The van der Waals surface area contributed by atoms with Gasteiger partial charge in [0.2, 0.25) is 0 Å². The first kappa shape index (κ1) is 14.0. The van der Waals surface area contributed by atoms with Gasteiger partial charge in [0.15, 0.2) is 0 Å². The van der Waals surface area contributed by atoms with Crippen molar-refractivity contribution >= 4 is 11.9 Å². The van der Waals surface area contributed by atoms with Gasteiger partial charge in [-0.2, -0.15) is 5.26 Å². The Morgan fingerprint density at radius 3 is 2.05 bits per heavy atom. The van der Waals surface area contributed by atoms with Crippen molar-refractivity contribution in [2.45, 2.75) is 26.2 Å². The highest BCUT2D eigenvalue weighted by Crippen LogP contribution is 2.22. The molecular formula is C18H18N2. The van der Waals surface area contributed by atoms with Crippen LogP contribution in [0.15, 0.2) is 53.5 Å². The van der Waals surface area contributed by atoms with Crippen LogP contribution in [0.1, 0.15) is 37.5 Å². The molecule has 0 N–H and O–H groups in total. The predicted octanol–water partition coefficient (Wildman–Crippen LogP) is 4.61. The maximum absolute atomic E-state index is 8.74. The minimum atomic E-state index is 0.169. The van der Waals surface area contributed by atoms with Crippen molar-refractivity contribution in [1.82, 2.24) is 0 Å². The summed E-state index contributed by atoms with van der Waals surface area (Å²) in [6.07, 6.45) is 1.84. The van der Waals surface area contributed by atoms with E-state index in [0.29, 0.717) is 5.56 Å². The van der Waals surface area contributed by atoms with E-state index in [4.69, 9.17) is 5.26 Å². The molecule has 0 atom stereocenters. The molecule has 0 spiro atoms. The maximum atomic E-state index is 8.74. The average molecular weight is 262 g/mol. The van der Waals surface area contributed by atoms with Crippen LogP contribution < -0.4 is 0 Å². The molecule has 0 bridgehead atoms. The Balaban J connectivity index is 2.13. The van der Waals surface area contributed by atoms with E-state index >= 15 is 0 Å². The molecule has 2 nitrogen and oxygen atoms in total. The van der Waals surface area contributed by atoms with Gasteiger partial charge in [-0.25, -0.2) is 0 Å². The quantitative estimate of drug-likeness (QED) is 0.728. The smallest absolute Gasteiger partial charge is 0.0991 e. The molecule has 0 aliphatic carbocycles. The first-order chi connectivity index (χ1) is 9.49. The fourth-order valence-electron chi connectivity index (χ4n) is 1.84. The van der Waals surface area contributed by atoms with Gasteiger partial charge in [-0.05, 0) is 40.8 Å². The topological polar surface area (TPSA) is 36.1 Å². The van der Waals surface area contributed by atoms with Crippen molar-refractivity contribution in [2.75, 3.05) is 0 Å². The fourth-order valence-corrected chi connectivity index (χ4v) is 1.84. The van der Waals surface area contributed by atoms with Crippen LogP contribution in [-0.2, 0) is 5.41 Å². The molecule has 0 radical (unpaired) electrons. The van der Waals surface area contributed by atoms with Gasteiger partial charge < -0.3 is 0 Å². The second-order valence-corrected chi connectivity index (χ2v) is 5.79. The van der Waals surface area contributed by atoms with Crippen molar-refractivity contribution in [3.63, 3.8) is 0 Å². The summed E-state index contributed by atoms with van der Waals surface area (Å²) in [5.74, 6) is 0. The van der Waals surface area contributed by atoms with E-state index in [1.165, 1.54) is 5.56 Å². The first-order valence-electron chi connectivity index (χ1n) is 6.64. The van der Waals surface area contributed by atoms with E-state index in [0.717, 1.165) is 11.3 Å². The van der Waals surface area contributed by atoms with Crippen LogP contribution in [0.3, 0.4) is 0 Å². The standard InChI is InChI=1S/C18H18N2/c1-18(2,3)16-8-4-15(5-9-16)13-20-17-10-6-14(12-19)7-11-17/h4-11,13H,1-3H3. The lowest BCUT2D eigenvalue weighted by Crippen LogP contribution is -2.10. The van der Waals surface area contributed by atoms with E-state index in [9.17, 15) is 0 Å². The summed E-state index contributed by atoms with van der Waals surface area (Å²) in [6.45, 7) is 6.60. The van der Waals surface area contributed by atoms with Gasteiger partial charge in [-0.3, -0.25) is 4.99 Å². The van der Waals surface area contributed by atoms with E-state index in [-0.39, 0.29) is 5.41 Å². The maximum Gasteiger partial charge on any atom is 0.0991 e. The molecule has 2 aromatic rings. The summed E-state index contributed by atoms with van der Waals surface area (Å²) < 4.78 is 0. The monoisotopic (exact) mass is 262 g/mol. The number of hydrogen-bond donors (Lipinski definition) is 0. The van der Waals surface area contributed by atoms with Crippen LogP contribution in [0, 0.1) is 11.3 Å². The van der Waals surface area contributed by atoms with Crippen molar-refractivity contribution < 1.29 is 0 Å². The summed E-state index contributed by atoms with van der Waals surface area (Å²) in [5, 5.41) is 8.74. The fraction of sp³-hybridized carbons (Fsp3) is 0.222. The molecule has 2 rings (SSSR count). The third kappa shape index (κ3) is 3.55. The lowest BCUT2D eigenvalue weighted by atomic mass is 9.87. The summed E-state index contributed by atoms with van der Waals surface area (Å²) >= 11 is 0. The van der Waals surface area contributed by atoms with Crippen LogP contribution >= 0.6 is 0 Å². The summed E-state index contributed by atoms with van der Waals surface area (Å²) in [5.41, 5.74) is 4.06. The zero-order valence-electron chi connectivity index (χ0n) is 12.1. The van der Waals surface area contributed by atoms with Crippen LogP contribution in [0.25, 0.3) is 0 Å². The number of nitrogens with zero attached hydrogens (tertiary/aromatic N) is 2. The van der Waals surface area contributed by atoms with E-state index < -0.39 is 0 Å². The molecule has 0 saturated heterocycles. The van der Waals surface area contributed by atoms with Gasteiger partial charge in [0, 0.05) is 6.21 Å². The highest BCUT2D eigenvalue weighted by molar-refractivity contribution is 5.82. The Hall–Kier alpha value is -2.40. The van der Waals surface area contributed by atoms with Crippen LogP contribution in [0.5, 0.6) is 0 Å². The van der Waals surface area contributed by atoms with Gasteiger partial charge in [0.1, 0.15) is 0 Å². The molecule has 0 heterocycles. The Labute approximate surface area is 120 Å². The van der Waals surface area contributed by atoms with Crippen molar-refractivity contribution in [3.05, 3.63) is 65.2 Å². The minimum absolute atomic E-state index is 0.169. The molecule has 0 aliphatic rings. The second kappa shape index (κ2) is 5.71. The number of rotatable bonds is 2. The Bertz CT molecular complexity index is 636. The minimum Gasteiger partial charge on any atom is -0.256 e. The highest BCUT2D eigenvalue weighted by Gasteiger charge is 2.12. The van der Waals surface area contributed by atoms with Crippen LogP contribution in [0.2, 0.25) is 0 Å². The predicted molar refractivity (Wildman–Crippen MR) is 83.6 cm³/mol. The largest absolute Gasteiger partial charge is 0.256 e. The number of nitriles is 1. The molecule has 20 heavy (non-hydrogen) atoms. The molecule has 0 aliphatic heterocycles. The molecule has 0 saturated carbocycles. The lowest BCUT2D eigenvalue weighted by Gasteiger charge is -2.18. The molecule has 2 heteroatoms. The van der Waals surface area contributed by atoms with Crippen LogP contribution in [-0.4, -0.2) is 6.21 Å². The Morgan fingerprint density at radius 2 is 1.55 bits per heavy atom. The Morgan fingerprint density at radius 1 is 0.950 bits per heavy atom. The van der Waals surface area contributed by atoms with Gasteiger partial charge in [-0.1, -0.05) is 45.0 Å². The van der Waals surface area contributed by atoms with Gasteiger partial charge in [-0.15, -0.1) is 0 Å². The zero-order chi connectivity index (χ0) is 14.6. The number of hydrogen-bond acceptors (Lipinski definition) is 2. The molecular weight excluding hydrogens is 244 g/mol. The first-order valence-corrected chi connectivity index (χ1v) is 6.64. The van der Waals surface area contributed by atoms with Crippen LogP contribution in [0.4, 0.5) is 5.69 Å². The lowest BCUT2D eigenvalue weighted by molar-refractivity contribution is 0.590. The highest BCUT2D eigenvalue weighted by atomic mass is 14.7. The van der Waals surface area contributed by atoms with Gasteiger partial charge >= 0.3 is 0 Å². The molecule has 0 unspecified atom stereocenters. The molecule has 0 fully saturated rings. The third-order valence-electron chi connectivity index (χ3n) is 3.14. The van der Waals surface area contributed by atoms with Crippen molar-refractivity contribution in [3.8, 4) is 6.07 Å². The number of aliphatic imine (C=N–C) groups is 1. The second-order valence-electron chi connectivity index (χ2n) is 5.79. The zero-order valence-corrected chi connectivity index (χ0v) is 12.1. The van der Waals surface area contributed by atoms with Gasteiger partial charge in [0.25, 0.3) is 0 Å². The van der Waals surface area contributed by atoms with E-state index in [1.54, 1.807) is 12.1 Å². The number of benzene rings is 2. The molecule has 0 aromatic heterocycles. The SMILES string of the molecule is CC(C)(C)c1ccc(C=Nc2ccc(C#N)cc2)cc1. The summed E-state index contributed by atoms with van der Waals surface area (Å²) in [6, 6.07) is 17.8. The van der Waals surface area contributed by atoms with E-state index in [2.05, 4.69) is 56.1 Å². The van der Waals surface area contributed by atoms with Crippen molar-refractivity contribution in [1.29, 1.82) is 5.26 Å². The van der Waals surface area contributed by atoms with E-state index in [1.807, 2.05) is 18.3 Å². The summed E-state index contributed by atoms with van der Waals surface area (Å²) in [7, 11) is 0. The average Bonchev–Trinajstić information content (AvgIpc) is 2.45. The molecule has 2 aromatic carbocycles.